The lowest BCUT2D eigenvalue weighted by Crippen LogP contribution is -2.34. The molecular weight excluding hydrogens is 525 g/mol. The second-order valence-corrected chi connectivity index (χ2v) is 8.24. The highest BCUT2D eigenvalue weighted by Gasteiger charge is 2.36. The summed E-state index contributed by atoms with van der Waals surface area (Å²) in [5.41, 5.74) is -2.77. The third kappa shape index (κ3) is 5.39. The number of rotatable bonds is 8. The third-order valence-electron chi connectivity index (χ3n) is 5.81. The van der Waals surface area contributed by atoms with Crippen molar-refractivity contribution in [3.05, 3.63) is 98.6 Å². The molecular formula is C25H17F3N4O7. The number of nitro benzene ring substituents is 1. The molecule has 0 saturated heterocycles. The smallest absolute Gasteiger partial charge is 0.418 e. The number of hydrogen-bond acceptors (Lipinski definition) is 7. The molecule has 0 radical (unpaired) electrons. The summed E-state index contributed by atoms with van der Waals surface area (Å²) in [4.78, 5) is 60.8. The highest BCUT2D eigenvalue weighted by molar-refractivity contribution is 6.22. The number of anilines is 2. The van der Waals surface area contributed by atoms with Crippen molar-refractivity contribution in [1.29, 1.82) is 0 Å². The average molecular weight is 542 g/mol. The van der Waals surface area contributed by atoms with Crippen molar-refractivity contribution < 1.29 is 42.4 Å². The number of para-hydroxylation sites is 1. The molecule has 3 aromatic rings. The van der Waals surface area contributed by atoms with Gasteiger partial charge >= 0.3 is 12.1 Å². The van der Waals surface area contributed by atoms with Gasteiger partial charge in [-0.3, -0.25) is 29.4 Å². The number of benzene rings is 3. The van der Waals surface area contributed by atoms with Gasteiger partial charge in [0.25, 0.3) is 23.4 Å². The molecule has 3 amide bonds. The molecule has 200 valence electrons. The number of carboxylic acid groups (broad SMARTS) is 1. The number of imide groups is 1. The summed E-state index contributed by atoms with van der Waals surface area (Å²) in [5, 5.41) is 25.3. The second kappa shape index (κ2) is 10.2. The number of hydrogen-bond donors (Lipinski definition) is 3. The summed E-state index contributed by atoms with van der Waals surface area (Å²) < 4.78 is 40.0. The summed E-state index contributed by atoms with van der Waals surface area (Å²) >= 11 is 0. The number of alkyl halides is 3. The summed E-state index contributed by atoms with van der Waals surface area (Å²) in [6.45, 7) is -0.377. The summed E-state index contributed by atoms with van der Waals surface area (Å²) in [5.74, 6) is -3.75. The molecule has 3 aromatic carbocycles. The third-order valence-corrected chi connectivity index (χ3v) is 5.81. The highest BCUT2D eigenvalue weighted by Crippen LogP contribution is 2.35. The van der Waals surface area contributed by atoms with E-state index in [0.29, 0.717) is 0 Å². The number of nitrogens with zero attached hydrogens (tertiary/aromatic N) is 2. The number of carbonyl (C=O) groups excluding carboxylic acids is 3. The van der Waals surface area contributed by atoms with E-state index in [1.165, 1.54) is 24.3 Å². The molecule has 0 aliphatic carbocycles. The van der Waals surface area contributed by atoms with Crippen molar-refractivity contribution in [1.82, 2.24) is 4.90 Å². The average Bonchev–Trinajstić information content (AvgIpc) is 3.12. The molecule has 0 spiro atoms. The minimum absolute atomic E-state index is 0.00707. The number of nitrogens with one attached hydrogen (secondary N) is 2. The van der Waals surface area contributed by atoms with E-state index >= 15 is 0 Å². The standard InChI is InChI=1S/C25H17F3N4O7/c26-25(27,28)18-3-1-2-4-20(18)30-21(33)17-12-14(32(38)39)6-8-19(17)29-9-10-31-22(34)15-7-5-13(24(36)37)11-16(15)23(31)35/h1-8,11-12,29H,9-10H2,(H,30,33)(H,36,37). The Morgan fingerprint density at radius 2 is 1.64 bits per heavy atom. The Bertz CT molecular complexity index is 1540. The molecule has 1 aliphatic heterocycles. The number of halogens is 3. The van der Waals surface area contributed by atoms with Crippen molar-refractivity contribution in [2.75, 3.05) is 23.7 Å². The first-order chi connectivity index (χ1) is 18.4. The Morgan fingerprint density at radius 1 is 0.949 bits per heavy atom. The predicted molar refractivity (Wildman–Crippen MR) is 130 cm³/mol. The van der Waals surface area contributed by atoms with Gasteiger partial charge in [0.15, 0.2) is 0 Å². The van der Waals surface area contributed by atoms with Gasteiger partial charge in [0, 0.05) is 30.9 Å². The fourth-order valence-electron chi connectivity index (χ4n) is 3.95. The number of fused-ring (bicyclic) bond motifs is 1. The Balaban J connectivity index is 1.54. The zero-order valence-corrected chi connectivity index (χ0v) is 19.6. The normalized spacial score (nSPS) is 12.7. The van der Waals surface area contributed by atoms with Gasteiger partial charge in [-0.15, -0.1) is 0 Å². The van der Waals surface area contributed by atoms with Gasteiger partial charge < -0.3 is 15.7 Å². The molecule has 0 aromatic heterocycles. The predicted octanol–water partition coefficient (Wildman–Crippen LogP) is 4.27. The Morgan fingerprint density at radius 3 is 2.31 bits per heavy atom. The quantitative estimate of drug-likeness (QED) is 0.216. The van der Waals surface area contributed by atoms with Crippen LogP contribution < -0.4 is 10.6 Å². The molecule has 0 fully saturated rings. The number of nitro groups is 1. The number of non-ortho nitro benzene ring substituents is 1. The van der Waals surface area contributed by atoms with Crippen LogP contribution in [0.3, 0.4) is 0 Å². The van der Waals surface area contributed by atoms with Crippen molar-refractivity contribution in [3.63, 3.8) is 0 Å². The van der Waals surface area contributed by atoms with E-state index in [-0.39, 0.29) is 41.0 Å². The van der Waals surface area contributed by atoms with E-state index in [9.17, 15) is 42.5 Å². The van der Waals surface area contributed by atoms with Crippen molar-refractivity contribution >= 4 is 40.8 Å². The van der Waals surface area contributed by atoms with E-state index < -0.39 is 51.7 Å². The van der Waals surface area contributed by atoms with Crippen LogP contribution >= 0.6 is 0 Å². The molecule has 3 N–H and O–H groups in total. The first kappa shape index (κ1) is 26.8. The van der Waals surface area contributed by atoms with Gasteiger partial charge in [-0.1, -0.05) is 12.1 Å². The first-order valence-electron chi connectivity index (χ1n) is 11.1. The summed E-state index contributed by atoms with van der Waals surface area (Å²) in [7, 11) is 0. The van der Waals surface area contributed by atoms with Crippen molar-refractivity contribution in [2.24, 2.45) is 0 Å². The first-order valence-corrected chi connectivity index (χ1v) is 11.1. The molecule has 39 heavy (non-hydrogen) atoms. The van der Waals surface area contributed by atoms with Crippen LogP contribution in [0, 0.1) is 10.1 Å². The second-order valence-electron chi connectivity index (χ2n) is 8.24. The topological polar surface area (TPSA) is 159 Å². The molecule has 11 nitrogen and oxygen atoms in total. The van der Waals surface area contributed by atoms with Crippen LogP contribution in [0.25, 0.3) is 0 Å². The fraction of sp³-hybridized carbons (Fsp3) is 0.120. The molecule has 1 heterocycles. The Kier molecular flexibility index (Phi) is 7.03. The minimum atomic E-state index is -4.77. The van der Waals surface area contributed by atoms with Gasteiger partial charge in [0.2, 0.25) is 0 Å². The van der Waals surface area contributed by atoms with Crippen LogP contribution in [-0.2, 0) is 6.18 Å². The minimum Gasteiger partial charge on any atom is -0.478 e. The molecule has 4 rings (SSSR count). The van der Waals surface area contributed by atoms with E-state index in [1.807, 2.05) is 0 Å². The maximum absolute atomic E-state index is 13.3. The lowest BCUT2D eigenvalue weighted by molar-refractivity contribution is -0.384. The maximum atomic E-state index is 13.3. The SMILES string of the molecule is O=C(O)c1ccc2c(c1)C(=O)N(CCNc1ccc([N+](=O)[O-])cc1C(=O)Nc1ccccc1C(F)(F)F)C2=O. The van der Waals surface area contributed by atoms with Crippen molar-refractivity contribution in [3.8, 4) is 0 Å². The largest absolute Gasteiger partial charge is 0.478 e. The number of carbonyl (C=O) groups is 4. The van der Waals surface area contributed by atoms with Crippen LogP contribution in [0.1, 0.15) is 47.0 Å². The fourth-order valence-corrected chi connectivity index (χ4v) is 3.95. The zero-order valence-electron chi connectivity index (χ0n) is 19.6. The van der Waals surface area contributed by atoms with Crippen LogP contribution in [0.2, 0.25) is 0 Å². The monoisotopic (exact) mass is 542 g/mol. The van der Waals surface area contributed by atoms with Gasteiger partial charge in [-0.25, -0.2) is 4.79 Å². The van der Waals surface area contributed by atoms with Crippen LogP contribution in [0.15, 0.2) is 60.7 Å². The number of carboxylic acids is 1. The molecule has 0 unspecified atom stereocenters. The zero-order chi connectivity index (χ0) is 28.5. The lowest BCUT2D eigenvalue weighted by Gasteiger charge is -2.17. The highest BCUT2D eigenvalue weighted by atomic mass is 19.4. The van der Waals surface area contributed by atoms with Gasteiger partial charge in [-0.2, -0.15) is 13.2 Å². The summed E-state index contributed by atoms with van der Waals surface area (Å²) in [6.07, 6.45) is -4.77. The van der Waals surface area contributed by atoms with E-state index in [4.69, 9.17) is 5.11 Å². The van der Waals surface area contributed by atoms with Crippen LogP contribution in [0.4, 0.5) is 30.2 Å². The Labute approximate surface area is 217 Å². The molecule has 0 atom stereocenters. The number of aromatic carboxylic acids is 1. The van der Waals surface area contributed by atoms with Crippen LogP contribution in [0.5, 0.6) is 0 Å². The molecule has 0 bridgehead atoms. The molecule has 1 aliphatic rings. The van der Waals surface area contributed by atoms with E-state index in [2.05, 4.69) is 10.6 Å². The number of amides is 3. The Hall–Kier alpha value is -5.27. The van der Waals surface area contributed by atoms with Crippen molar-refractivity contribution in [2.45, 2.75) is 6.18 Å². The molecule has 14 heteroatoms. The van der Waals surface area contributed by atoms with Gasteiger partial charge in [0.1, 0.15) is 0 Å². The molecule has 0 saturated carbocycles. The summed E-state index contributed by atoms with van der Waals surface area (Å²) in [6, 6.07) is 10.8. The van der Waals surface area contributed by atoms with Gasteiger partial charge in [-0.05, 0) is 36.4 Å². The van der Waals surface area contributed by atoms with Crippen LogP contribution in [-0.4, -0.2) is 51.7 Å². The maximum Gasteiger partial charge on any atom is 0.418 e. The van der Waals surface area contributed by atoms with E-state index in [0.717, 1.165) is 41.3 Å². The van der Waals surface area contributed by atoms with Gasteiger partial charge in [0.05, 0.1) is 38.4 Å². The van der Waals surface area contributed by atoms with E-state index in [1.54, 1.807) is 0 Å². The lowest BCUT2D eigenvalue weighted by atomic mass is 10.1.